The molecular formula is C21H30N6O3S2. The number of H-pyrrole nitrogens is 1. The number of nitrogens with zero attached hydrogens (tertiary/aromatic N) is 3. The van der Waals surface area contributed by atoms with E-state index in [1.165, 1.54) is 0 Å². The monoisotopic (exact) mass is 478 g/mol. The SMILES string of the molecule is CC(C)(C)NS(=O)(=O)c1ccc(-c2ncc(C#CCO)c(Nc3cc(C4CC4)[nH]n3)n2)s1.[HH].[HH].[HH]. The van der Waals surface area contributed by atoms with E-state index in [0.717, 1.165) is 29.9 Å². The minimum Gasteiger partial charge on any atom is -0.384 e. The Morgan fingerprint density at radius 2 is 2.12 bits per heavy atom. The summed E-state index contributed by atoms with van der Waals surface area (Å²) < 4.78 is 28.1. The van der Waals surface area contributed by atoms with Crippen molar-refractivity contribution in [3.63, 3.8) is 0 Å². The molecule has 4 rings (SSSR count). The van der Waals surface area contributed by atoms with Crippen LogP contribution < -0.4 is 10.0 Å². The summed E-state index contributed by atoms with van der Waals surface area (Å²) in [6, 6.07) is 5.16. The Morgan fingerprint density at radius 3 is 2.81 bits per heavy atom. The molecule has 0 saturated heterocycles. The van der Waals surface area contributed by atoms with Gasteiger partial charge in [0.25, 0.3) is 10.0 Å². The van der Waals surface area contributed by atoms with Gasteiger partial charge in [-0.05, 0) is 45.7 Å². The quantitative estimate of drug-likeness (QED) is 0.397. The zero-order valence-electron chi connectivity index (χ0n) is 17.9. The molecule has 1 fully saturated rings. The normalized spacial score (nSPS) is 14.1. The second-order valence-corrected chi connectivity index (χ2v) is 11.5. The number of aromatic amines is 1. The second-order valence-electron chi connectivity index (χ2n) is 8.50. The van der Waals surface area contributed by atoms with Crippen molar-refractivity contribution in [3.05, 3.63) is 35.7 Å². The lowest BCUT2D eigenvalue weighted by Gasteiger charge is -2.19. The number of aliphatic hydroxyl groups excluding tert-OH is 1. The lowest BCUT2D eigenvalue weighted by atomic mass is 10.1. The van der Waals surface area contributed by atoms with Crippen molar-refractivity contribution in [2.45, 2.75) is 49.3 Å². The first-order valence-electron chi connectivity index (χ1n) is 10.1. The van der Waals surface area contributed by atoms with Crippen molar-refractivity contribution in [2.24, 2.45) is 0 Å². The molecule has 174 valence electrons. The highest BCUT2D eigenvalue weighted by Gasteiger charge is 2.26. The molecule has 0 spiro atoms. The predicted molar refractivity (Wildman–Crippen MR) is 130 cm³/mol. The molecule has 0 bridgehead atoms. The van der Waals surface area contributed by atoms with Crippen LogP contribution in [0.15, 0.2) is 28.6 Å². The molecule has 3 aromatic rings. The van der Waals surface area contributed by atoms with Crippen LogP contribution in [0.3, 0.4) is 0 Å². The maximum Gasteiger partial charge on any atom is 0.250 e. The van der Waals surface area contributed by atoms with Gasteiger partial charge in [-0.2, -0.15) is 5.10 Å². The fraction of sp³-hybridized carbons (Fsp3) is 0.381. The van der Waals surface area contributed by atoms with E-state index in [1.807, 2.05) is 6.07 Å². The van der Waals surface area contributed by atoms with Gasteiger partial charge in [0, 0.05) is 33.7 Å². The Kier molecular flexibility index (Phi) is 6.05. The summed E-state index contributed by atoms with van der Waals surface area (Å²) in [6.45, 7) is 5.07. The largest absolute Gasteiger partial charge is 0.384 e. The van der Waals surface area contributed by atoms with Crippen LogP contribution in [-0.2, 0) is 10.0 Å². The number of anilines is 2. The fourth-order valence-electron chi connectivity index (χ4n) is 2.99. The molecule has 3 aromatic heterocycles. The summed E-state index contributed by atoms with van der Waals surface area (Å²) >= 11 is 1.09. The maximum atomic E-state index is 12.6. The van der Waals surface area contributed by atoms with Gasteiger partial charge in [-0.15, -0.1) is 11.3 Å². The van der Waals surface area contributed by atoms with Crippen molar-refractivity contribution in [3.8, 4) is 22.5 Å². The highest BCUT2D eigenvalue weighted by molar-refractivity contribution is 7.91. The average Bonchev–Trinajstić information content (AvgIpc) is 3.23. The van der Waals surface area contributed by atoms with Crippen LogP contribution in [0, 0.1) is 11.8 Å². The van der Waals surface area contributed by atoms with E-state index in [2.05, 4.69) is 42.0 Å². The minimum atomic E-state index is -3.65. The van der Waals surface area contributed by atoms with E-state index in [1.54, 1.807) is 39.1 Å². The Balaban J connectivity index is 0.00000204. The Hall–Kier alpha value is -2.78. The van der Waals surface area contributed by atoms with Crippen molar-refractivity contribution in [2.75, 3.05) is 11.9 Å². The van der Waals surface area contributed by atoms with E-state index in [0.29, 0.717) is 33.8 Å². The van der Waals surface area contributed by atoms with Gasteiger partial charge in [0.1, 0.15) is 10.8 Å². The maximum absolute atomic E-state index is 12.6. The molecule has 1 aliphatic rings. The number of rotatable bonds is 6. The summed E-state index contributed by atoms with van der Waals surface area (Å²) in [4.78, 5) is 9.52. The van der Waals surface area contributed by atoms with E-state index < -0.39 is 15.6 Å². The van der Waals surface area contributed by atoms with E-state index in [4.69, 9.17) is 5.11 Å². The number of hydrogen-bond donors (Lipinski definition) is 4. The van der Waals surface area contributed by atoms with Crippen molar-refractivity contribution >= 4 is 33.0 Å². The predicted octanol–water partition coefficient (Wildman–Crippen LogP) is 3.71. The first-order chi connectivity index (χ1) is 15.1. The first-order valence-corrected chi connectivity index (χ1v) is 12.4. The van der Waals surface area contributed by atoms with Crippen LogP contribution in [0.2, 0.25) is 0 Å². The summed E-state index contributed by atoms with van der Waals surface area (Å²) in [7, 11) is -3.65. The minimum absolute atomic E-state index is 0. The van der Waals surface area contributed by atoms with Crippen LogP contribution >= 0.6 is 11.3 Å². The van der Waals surface area contributed by atoms with Gasteiger partial charge in [0.2, 0.25) is 0 Å². The number of sulfonamides is 1. The molecule has 11 heteroatoms. The van der Waals surface area contributed by atoms with E-state index in [-0.39, 0.29) is 15.1 Å². The molecule has 1 aliphatic carbocycles. The molecule has 9 nitrogen and oxygen atoms in total. The van der Waals surface area contributed by atoms with Crippen LogP contribution in [0.1, 0.15) is 55.1 Å². The number of thiophene rings is 1. The number of aliphatic hydroxyl groups is 1. The van der Waals surface area contributed by atoms with Crippen molar-refractivity contribution in [1.29, 1.82) is 0 Å². The second kappa shape index (κ2) is 8.63. The number of aromatic nitrogens is 4. The van der Waals surface area contributed by atoms with Gasteiger partial charge >= 0.3 is 0 Å². The number of hydrogen-bond acceptors (Lipinski definition) is 8. The molecule has 4 N–H and O–H groups in total. The van der Waals surface area contributed by atoms with Crippen molar-refractivity contribution < 1.29 is 17.8 Å². The Bertz CT molecular complexity index is 1310. The van der Waals surface area contributed by atoms with Crippen LogP contribution in [-0.4, -0.2) is 45.8 Å². The van der Waals surface area contributed by atoms with E-state index in [9.17, 15) is 8.42 Å². The lowest BCUT2D eigenvalue weighted by molar-refractivity contribution is 0.350. The van der Waals surface area contributed by atoms with Gasteiger partial charge in [-0.1, -0.05) is 11.8 Å². The summed E-state index contributed by atoms with van der Waals surface area (Å²) in [5.41, 5.74) is 0.980. The molecule has 0 unspecified atom stereocenters. The van der Waals surface area contributed by atoms with Gasteiger partial charge in [0.15, 0.2) is 17.5 Å². The van der Waals surface area contributed by atoms with E-state index >= 15 is 0 Å². The highest BCUT2D eigenvalue weighted by atomic mass is 32.2. The zero-order chi connectivity index (χ0) is 22.9. The fourth-order valence-corrected chi connectivity index (χ4v) is 5.65. The molecular weight excluding hydrogens is 448 g/mol. The molecule has 1 saturated carbocycles. The molecule has 0 aromatic carbocycles. The van der Waals surface area contributed by atoms with Crippen LogP contribution in [0.25, 0.3) is 10.7 Å². The molecule has 0 amide bonds. The number of nitrogens with one attached hydrogen (secondary N) is 3. The van der Waals surface area contributed by atoms with Crippen LogP contribution in [0.5, 0.6) is 0 Å². The first kappa shape index (κ1) is 22.4. The lowest BCUT2D eigenvalue weighted by Crippen LogP contribution is -2.40. The zero-order valence-corrected chi connectivity index (χ0v) is 19.6. The molecule has 32 heavy (non-hydrogen) atoms. The third-order valence-electron chi connectivity index (χ3n) is 4.46. The summed E-state index contributed by atoms with van der Waals surface area (Å²) in [5.74, 6) is 7.35. The third kappa shape index (κ3) is 5.34. The van der Waals surface area contributed by atoms with Gasteiger partial charge in [0.05, 0.1) is 10.4 Å². The standard InChI is InChI=1S/C21H24N6O3S2.3H2/c1-21(2,3)27-32(29,30)18-9-8-16(31-18)20-22-12-14(5-4-10-28)19(24-20)23-17-11-15(25-26-17)13-6-7-13;;;/h8-9,11-13,27-28H,6-7,10H2,1-3H3,(H2,22,23,24,25,26);3*1H. The third-order valence-corrected chi connectivity index (χ3v) is 7.79. The summed E-state index contributed by atoms with van der Waals surface area (Å²) in [6.07, 6.45) is 3.85. The molecule has 0 atom stereocenters. The molecule has 0 radical (unpaired) electrons. The Labute approximate surface area is 195 Å². The smallest absolute Gasteiger partial charge is 0.250 e. The van der Waals surface area contributed by atoms with Crippen LogP contribution in [0.4, 0.5) is 11.6 Å². The Morgan fingerprint density at radius 1 is 1.34 bits per heavy atom. The van der Waals surface area contributed by atoms with Gasteiger partial charge in [-0.25, -0.2) is 23.1 Å². The molecule has 0 aliphatic heterocycles. The van der Waals surface area contributed by atoms with Gasteiger partial charge in [-0.3, -0.25) is 5.10 Å². The highest BCUT2D eigenvalue weighted by Crippen LogP contribution is 2.39. The van der Waals surface area contributed by atoms with Gasteiger partial charge < -0.3 is 10.4 Å². The summed E-state index contributed by atoms with van der Waals surface area (Å²) in [5, 5.41) is 19.5. The van der Waals surface area contributed by atoms with Crippen molar-refractivity contribution in [1.82, 2.24) is 24.9 Å². The molecule has 3 heterocycles. The topological polar surface area (TPSA) is 133 Å². The average molecular weight is 479 g/mol.